The molecule has 1 saturated heterocycles. The summed E-state index contributed by atoms with van der Waals surface area (Å²) in [6.07, 6.45) is 1.53. The van der Waals surface area contributed by atoms with Gasteiger partial charge < -0.3 is 10.1 Å². The molecule has 3 heteroatoms. The molecule has 0 amide bonds. The van der Waals surface area contributed by atoms with E-state index in [-0.39, 0.29) is 12.2 Å². The first-order chi connectivity index (χ1) is 7.66. The highest BCUT2D eigenvalue weighted by Crippen LogP contribution is 2.23. The van der Waals surface area contributed by atoms with Gasteiger partial charge in [-0.25, -0.2) is 4.79 Å². The van der Waals surface area contributed by atoms with Gasteiger partial charge in [0, 0.05) is 5.56 Å². The van der Waals surface area contributed by atoms with Gasteiger partial charge in [0.2, 0.25) is 0 Å². The molecule has 0 aromatic heterocycles. The Kier molecular flexibility index (Phi) is 2.95. The van der Waals surface area contributed by atoms with Gasteiger partial charge in [-0.1, -0.05) is 50.3 Å². The van der Waals surface area contributed by atoms with E-state index in [1.54, 1.807) is 0 Å². The minimum Gasteiger partial charge on any atom is -0.433 e. The third-order valence-electron chi connectivity index (χ3n) is 2.33. The number of benzene rings is 1. The van der Waals surface area contributed by atoms with Crippen LogP contribution in [0, 0.1) is 5.92 Å². The molecule has 0 unspecified atom stereocenters. The summed E-state index contributed by atoms with van der Waals surface area (Å²) in [5, 5.41) is 3.08. The quantitative estimate of drug-likeness (QED) is 0.610. The SMILES string of the molecule is CC(C)/C=C1/N[C@H](c2ccccc2)OC1=O. The molecular weight excluding hydrogens is 202 g/mol. The molecule has 1 heterocycles. The number of esters is 1. The van der Waals surface area contributed by atoms with Crippen molar-refractivity contribution in [1.29, 1.82) is 0 Å². The van der Waals surface area contributed by atoms with Crippen molar-refractivity contribution in [3.8, 4) is 0 Å². The van der Waals surface area contributed by atoms with Gasteiger partial charge in [-0.15, -0.1) is 0 Å². The third-order valence-corrected chi connectivity index (χ3v) is 2.33. The first-order valence-electron chi connectivity index (χ1n) is 5.41. The zero-order valence-electron chi connectivity index (χ0n) is 9.44. The van der Waals surface area contributed by atoms with Crippen molar-refractivity contribution in [3.05, 3.63) is 47.7 Å². The zero-order chi connectivity index (χ0) is 11.5. The van der Waals surface area contributed by atoms with Crippen LogP contribution in [-0.2, 0) is 9.53 Å². The smallest absolute Gasteiger partial charge is 0.356 e. The number of hydrogen-bond donors (Lipinski definition) is 1. The van der Waals surface area contributed by atoms with Crippen molar-refractivity contribution in [2.75, 3.05) is 0 Å². The van der Waals surface area contributed by atoms with E-state index in [9.17, 15) is 4.79 Å². The fraction of sp³-hybridized carbons (Fsp3) is 0.308. The van der Waals surface area contributed by atoms with Crippen LogP contribution in [0.3, 0.4) is 0 Å². The van der Waals surface area contributed by atoms with E-state index in [1.807, 2.05) is 50.3 Å². The molecule has 0 aliphatic carbocycles. The molecule has 1 aromatic rings. The summed E-state index contributed by atoms with van der Waals surface area (Å²) in [4.78, 5) is 11.5. The summed E-state index contributed by atoms with van der Waals surface area (Å²) in [5.74, 6) is 0.0483. The average Bonchev–Trinajstić information content (AvgIpc) is 2.61. The minimum absolute atomic E-state index is 0.275. The van der Waals surface area contributed by atoms with Gasteiger partial charge in [0.25, 0.3) is 0 Å². The highest BCUT2D eigenvalue weighted by atomic mass is 16.6. The number of carbonyl (C=O) groups is 1. The van der Waals surface area contributed by atoms with Gasteiger partial charge in [-0.2, -0.15) is 0 Å². The van der Waals surface area contributed by atoms with Gasteiger partial charge in [0.05, 0.1) is 0 Å². The fourth-order valence-electron chi connectivity index (χ4n) is 1.63. The van der Waals surface area contributed by atoms with E-state index in [2.05, 4.69) is 5.32 Å². The van der Waals surface area contributed by atoms with Crippen LogP contribution in [0.15, 0.2) is 42.1 Å². The van der Waals surface area contributed by atoms with Gasteiger partial charge in [0.15, 0.2) is 6.23 Å². The molecule has 0 radical (unpaired) electrons. The number of cyclic esters (lactones) is 1. The molecule has 0 bridgehead atoms. The maximum absolute atomic E-state index is 11.5. The molecule has 84 valence electrons. The van der Waals surface area contributed by atoms with Crippen molar-refractivity contribution in [3.63, 3.8) is 0 Å². The molecule has 1 fully saturated rings. The van der Waals surface area contributed by atoms with Crippen molar-refractivity contribution in [2.24, 2.45) is 5.92 Å². The lowest BCUT2D eigenvalue weighted by Gasteiger charge is -2.08. The molecule has 0 saturated carbocycles. The Morgan fingerprint density at radius 3 is 2.62 bits per heavy atom. The number of rotatable bonds is 2. The molecular formula is C13H15NO2. The summed E-state index contributed by atoms with van der Waals surface area (Å²) in [6, 6.07) is 9.65. The van der Waals surface area contributed by atoms with Crippen molar-refractivity contribution >= 4 is 5.97 Å². The summed E-state index contributed by atoms with van der Waals surface area (Å²) < 4.78 is 5.24. The highest BCUT2D eigenvalue weighted by Gasteiger charge is 2.28. The van der Waals surface area contributed by atoms with Crippen LogP contribution in [0.2, 0.25) is 0 Å². The second-order valence-corrected chi connectivity index (χ2v) is 4.16. The fourth-order valence-corrected chi connectivity index (χ4v) is 1.63. The predicted octanol–water partition coefficient (Wildman–Crippen LogP) is 2.37. The number of ether oxygens (including phenoxy) is 1. The van der Waals surface area contributed by atoms with E-state index < -0.39 is 0 Å². The summed E-state index contributed by atoms with van der Waals surface area (Å²) in [7, 11) is 0. The highest BCUT2D eigenvalue weighted by molar-refractivity contribution is 5.89. The minimum atomic E-state index is -0.348. The number of hydrogen-bond acceptors (Lipinski definition) is 3. The van der Waals surface area contributed by atoms with Crippen LogP contribution in [0.5, 0.6) is 0 Å². The number of nitrogens with one attached hydrogen (secondary N) is 1. The average molecular weight is 217 g/mol. The zero-order valence-corrected chi connectivity index (χ0v) is 9.44. The van der Waals surface area contributed by atoms with Crippen LogP contribution < -0.4 is 5.32 Å². The summed E-state index contributed by atoms with van der Waals surface area (Å²) in [6.45, 7) is 4.05. The van der Waals surface area contributed by atoms with Crippen molar-refractivity contribution in [1.82, 2.24) is 5.32 Å². The Bertz CT molecular complexity index is 409. The van der Waals surface area contributed by atoms with Gasteiger partial charge in [-0.3, -0.25) is 0 Å². The molecule has 1 aliphatic heterocycles. The monoisotopic (exact) mass is 217 g/mol. The lowest BCUT2D eigenvalue weighted by Crippen LogP contribution is -2.13. The first-order valence-corrected chi connectivity index (χ1v) is 5.41. The van der Waals surface area contributed by atoms with Crippen molar-refractivity contribution < 1.29 is 9.53 Å². The summed E-state index contributed by atoms with van der Waals surface area (Å²) in [5.41, 5.74) is 1.52. The van der Waals surface area contributed by atoms with Crippen LogP contribution in [0.4, 0.5) is 0 Å². The molecule has 2 rings (SSSR count). The Morgan fingerprint density at radius 1 is 1.31 bits per heavy atom. The number of allylic oxidation sites excluding steroid dienone is 1. The van der Waals surface area contributed by atoms with E-state index >= 15 is 0 Å². The maximum atomic E-state index is 11.5. The lowest BCUT2D eigenvalue weighted by atomic mass is 10.2. The molecule has 1 N–H and O–H groups in total. The Morgan fingerprint density at radius 2 is 2.00 bits per heavy atom. The second-order valence-electron chi connectivity index (χ2n) is 4.16. The molecule has 1 atom stereocenters. The van der Waals surface area contributed by atoms with E-state index in [0.717, 1.165) is 5.56 Å². The van der Waals surface area contributed by atoms with E-state index in [4.69, 9.17) is 4.74 Å². The topological polar surface area (TPSA) is 38.3 Å². The third kappa shape index (κ3) is 2.24. The Hall–Kier alpha value is -1.77. The first kappa shape index (κ1) is 10.7. The maximum Gasteiger partial charge on any atom is 0.356 e. The Labute approximate surface area is 95.1 Å². The normalized spacial score (nSPS) is 22.3. The molecule has 16 heavy (non-hydrogen) atoms. The molecule has 1 aromatic carbocycles. The number of carbonyl (C=O) groups excluding carboxylic acids is 1. The second kappa shape index (κ2) is 4.39. The van der Waals surface area contributed by atoms with Crippen LogP contribution in [0.1, 0.15) is 25.6 Å². The lowest BCUT2D eigenvalue weighted by molar-refractivity contribution is -0.139. The van der Waals surface area contributed by atoms with Crippen LogP contribution >= 0.6 is 0 Å². The van der Waals surface area contributed by atoms with Crippen LogP contribution in [0.25, 0.3) is 0 Å². The standard InChI is InChI=1S/C13H15NO2/c1-9(2)8-11-13(15)16-12(14-11)10-6-4-3-5-7-10/h3-9,12,14H,1-2H3/b11-8+/t12-/m0/s1. The summed E-state index contributed by atoms with van der Waals surface area (Å²) >= 11 is 0. The van der Waals surface area contributed by atoms with E-state index in [0.29, 0.717) is 11.6 Å². The van der Waals surface area contributed by atoms with Gasteiger partial charge in [-0.05, 0) is 5.92 Å². The van der Waals surface area contributed by atoms with Gasteiger partial charge >= 0.3 is 5.97 Å². The Balaban J connectivity index is 2.16. The predicted molar refractivity (Wildman–Crippen MR) is 61.3 cm³/mol. The molecule has 1 aliphatic rings. The largest absolute Gasteiger partial charge is 0.433 e. The molecule has 0 spiro atoms. The van der Waals surface area contributed by atoms with Gasteiger partial charge in [0.1, 0.15) is 5.70 Å². The van der Waals surface area contributed by atoms with Crippen LogP contribution in [-0.4, -0.2) is 5.97 Å². The van der Waals surface area contributed by atoms with E-state index in [1.165, 1.54) is 0 Å². The molecule has 3 nitrogen and oxygen atoms in total. The van der Waals surface area contributed by atoms with Crippen molar-refractivity contribution in [2.45, 2.75) is 20.1 Å².